The molecule has 1 saturated carbocycles. The summed E-state index contributed by atoms with van der Waals surface area (Å²) in [4.78, 5) is 70.0. The van der Waals surface area contributed by atoms with Gasteiger partial charge in [0.2, 0.25) is 48.6 Å². The zero-order valence-electron chi connectivity index (χ0n) is 49.8. The van der Waals surface area contributed by atoms with Crippen LogP contribution in [0.1, 0.15) is 143 Å². The van der Waals surface area contributed by atoms with Crippen molar-refractivity contribution in [1.29, 1.82) is 0 Å². The number of ketones is 1. The lowest BCUT2D eigenvalue weighted by Crippen LogP contribution is -2.45. The first-order chi connectivity index (χ1) is 40.8. The molecule has 3 heterocycles. The number of nitrogens with two attached hydrogens (primary N) is 1. The van der Waals surface area contributed by atoms with E-state index in [0.717, 1.165) is 101 Å². The molecule has 21 heteroatoms. The van der Waals surface area contributed by atoms with Crippen LogP contribution in [0.3, 0.4) is 0 Å². The Kier molecular flexibility index (Phi) is 22.0. The number of benzene rings is 3. The number of pyridine rings is 1. The number of nitrogens with one attached hydrogen (secondary N) is 2. The molecule has 2 aliphatic heterocycles. The van der Waals surface area contributed by atoms with Crippen LogP contribution in [-0.2, 0) is 35.8 Å². The second kappa shape index (κ2) is 29.3. The Bertz CT molecular complexity index is 3210. The van der Waals surface area contributed by atoms with Gasteiger partial charge in [0.25, 0.3) is 0 Å². The number of aryl methyl sites for hydroxylation is 1. The van der Waals surface area contributed by atoms with Gasteiger partial charge in [-0.15, -0.1) is 0 Å². The van der Waals surface area contributed by atoms with Gasteiger partial charge in [-0.3, -0.25) is 44.4 Å². The van der Waals surface area contributed by atoms with E-state index in [1.807, 2.05) is 25.1 Å². The summed E-state index contributed by atoms with van der Waals surface area (Å²) in [6, 6.07) is 12.5. The summed E-state index contributed by atoms with van der Waals surface area (Å²) in [6.07, 6.45) is 20.2. The van der Waals surface area contributed by atoms with E-state index in [-0.39, 0.29) is 76.1 Å². The summed E-state index contributed by atoms with van der Waals surface area (Å²) < 4.78 is 24.4. The van der Waals surface area contributed by atoms with Crippen molar-refractivity contribution >= 4 is 67.8 Å². The van der Waals surface area contributed by atoms with E-state index in [1.165, 1.54) is 29.0 Å². The third-order valence-corrected chi connectivity index (χ3v) is 17.7. The predicted octanol–water partition coefficient (Wildman–Crippen LogP) is 8.07. The van der Waals surface area contributed by atoms with Gasteiger partial charge in [-0.05, 0) is 167 Å². The summed E-state index contributed by atoms with van der Waals surface area (Å²) in [5.41, 5.74) is 10.1. The standard InChI is InChI=1S/C25H48N6O8.C20H14NO4.C19H24O2/c1-21(32)29(37)18-9-3-6-16-27-22(33)12-14-25(36)31(39)20-10-4-7-17-28-23(34)11-13-24(35)30(38)19-8-2-5-15-26;1-21-8-15-12(4-5-16-20(15)25-10-22-16)13-3-2-11-6-17-18(24-9-23-17)7-14(11)19(13)21;1-18-9-7-15-14-6-4-13(20)11-12(14)3-5-16(15)17(18)8-10-19(18,2)21/h37-39H,2-20,26H2,1H3,(H,27,33)(H,28,34);2-8H,9-10H2,1H3;7,9,11,16-17,21H,3-6,8,10H2,1-2H3/q;+1;/t;;16-,17+,18+,19+/m..1/s1. The Labute approximate surface area is 496 Å². The molecule has 1 fully saturated rings. The predicted molar refractivity (Wildman–Crippen MR) is 316 cm³/mol. The highest BCUT2D eigenvalue weighted by Crippen LogP contribution is 2.60. The maximum atomic E-state index is 12.0. The van der Waals surface area contributed by atoms with Crippen LogP contribution >= 0.6 is 0 Å². The topological polar surface area (TPSA) is 284 Å². The van der Waals surface area contributed by atoms with Crippen molar-refractivity contribution in [2.24, 2.45) is 30.0 Å². The fourth-order valence-electron chi connectivity index (χ4n) is 12.6. The number of nitrogens with zero attached hydrogens (tertiary/aromatic N) is 4. The fraction of sp³-hybridized carbons (Fsp3) is 0.547. The van der Waals surface area contributed by atoms with Crippen LogP contribution in [0.15, 0.2) is 77.5 Å². The van der Waals surface area contributed by atoms with Crippen LogP contribution in [-0.4, -0.2) is 130 Å². The molecule has 8 N–H and O–H groups in total. The Morgan fingerprint density at radius 3 is 1.93 bits per heavy atom. The van der Waals surface area contributed by atoms with E-state index in [2.05, 4.69) is 71.8 Å². The molecular formula is C64H86N7O14+. The molecule has 0 bridgehead atoms. The van der Waals surface area contributed by atoms with Gasteiger partial charge in [0.15, 0.2) is 35.0 Å². The normalized spacial score (nSPS) is 20.3. The third-order valence-electron chi connectivity index (χ3n) is 17.7. The minimum Gasteiger partial charge on any atom is -0.454 e. The first kappa shape index (κ1) is 63.8. The van der Waals surface area contributed by atoms with Crippen molar-refractivity contribution in [2.75, 3.05) is 52.9 Å². The lowest BCUT2D eigenvalue weighted by molar-refractivity contribution is -0.642. The monoisotopic (exact) mass is 1180 g/mol. The van der Waals surface area contributed by atoms with Crippen LogP contribution < -0.4 is 39.9 Å². The smallest absolute Gasteiger partial charge is 0.246 e. The molecule has 4 atom stereocenters. The SMILES string of the molecule is CC(=O)N(O)CCCCCNC(=O)CCC(=O)N(O)CCCCCNC(=O)CCC(=O)N(O)CCCCCN.C[C@]1(O)CC[C@H]2[C@@H]3CCC4=CC(=O)CCC4=C3C=C[C@@]21C.C[n+]1cc2c3c(ccc2c2ccc4cc5c(cc4c21)OCO5)OCO3. The van der Waals surface area contributed by atoms with Gasteiger partial charge in [-0.25, -0.2) is 15.2 Å². The molecule has 0 unspecified atom stereocenters. The highest BCUT2D eigenvalue weighted by Gasteiger charge is 2.57. The maximum Gasteiger partial charge on any atom is 0.246 e. The molecule has 4 aliphatic carbocycles. The molecule has 10 rings (SSSR count). The van der Waals surface area contributed by atoms with E-state index >= 15 is 0 Å². The molecule has 0 saturated heterocycles. The Balaban J connectivity index is 0.000000174. The average Bonchev–Trinajstić information content (AvgIpc) is 2.08. The largest absolute Gasteiger partial charge is 0.454 e. The molecule has 5 amide bonds. The number of carbonyl (C=O) groups excluding carboxylic acids is 6. The number of fused-ring (bicyclic) bond motifs is 12. The van der Waals surface area contributed by atoms with Crippen molar-refractivity contribution in [3.05, 3.63) is 77.5 Å². The quantitative estimate of drug-likeness (QED) is 0.0122. The number of unbranched alkanes of at least 4 members (excludes halogenated alkanes) is 6. The Morgan fingerprint density at radius 2 is 1.28 bits per heavy atom. The van der Waals surface area contributed by atoms with Crippen molar-refractivity contribution in [3.63, 3.8) is 0 Å². The summed E-state index contributed by atoms with van der Waals surface area (Å²) in [6.45, 7) is 8.01. The summed E-state index contributed by atoms with van der Waals surface area (Å²) in [5, 5.41) is 52.5. The van der Waals surface area contributed by atoms with Crippen LogP contribution in [0.2, 0.25) is 0 Å². The molecule has 6 aliphatic rings. The van der Waals surface area contributed by atoms with Gasteiger partial charge in [-0.2, -0.15) is 4.57 Å². The summed E-state index contributed by atoms with van der Waals surface area (Å²) in [5.74, 6) is 2.60. The first-order valence-corrected chi connectivity index (χ1v) is 30.2. The second-order valence-electron chi connectivity index (χ2n) is 23.5. The molecule has 85 heavy (non-hydrogen) atoms. The third kappa shape index (κ3) is 15.6. The molecule has 1 aromatic heterocycles. The number of hydrogen-bond acceptors (Lipinski definition) is 15. The second-order valence-corrected chi connectivity index (χ2v) is 23.5. The Hall–Kier alpha value is -7.17. The van der Waals surface area contributed by atoms with E-state index in [1.54, 1.807) is 0 Å². The number of amides is 5. The Morgan fingerprint density at radius 1 is 0.682 bits per heavy atom. The zero-order valence-corrected chi connectivity index (χ0v) is 49.8. The molecule has 3 aromatic carbocycles. The average molecular weight is 1180 g/mol. The fourth-order valence-corrected chi connectivity index (χ4v) is 12.6. The molecule has 460 valence electrons. The van der Waals surface area contributed by atoms with E-state index in [9.17, 15) is 49.5 Å². The number of hydroxylamine groups is 6. The molecular weight excluding hydrogens is 1090 g/mol. The lowest BCUT2D eigenvalue weighted by Gasteiger charge is -2.47. The minimum atomic E-state index is -0.580. The van der Waals surface area contributed by atoms with Gasteiger partial charge in [0.05, 0.1) is 21.8 Å². The van der Waals surface area contributed by atoms with Crippen LogP contribution in [0.4, 0.5) is 0 Å². The van der Waals surface area contributed by atoms with Crippen molar-refractivity contribution in [1.82, 2.24) is 25.8 Å². The number of hydrogen-bond donors (Lipinski definition) is 7. The highest BCUT2D eigenvalue weighted by atomic mass is 16.7. The van der Waals surface area contributed by atoms with E-state index < -0.39 is 23.3 Å². The van der Waals surface area contributed by atoms with Gasteiger partial charge in [0.1, 0.15) is 7.05 Å². The van der Waals surface area contributed by atoms with Crippen molar-refractivity contribution in [2.45, 2.75) is 148 Å². The van der Waals surface area contributed by atoms with Crippen LogP contribution in [0.5, 0.6) is 23.0 Å². The molecule has 0 spiro atoms. The van der Waals surface area contributed by atoms with Crippen molar-refractivity contribution < 1.29 is 73.0 Å². The number of ether oxygens (including phenoxy) is 4. The lowest BCUT2D eigenvalue weighted by atomic mass is 9.58. The number of allylic oxidation sites excluding steroid dienone is 5. The van der Waals surface area contributed by atoms with Crippen LogP contribution in [0, 0.1) is 17.3 Å². The zero-order chi connectivity index (χ0) is 60.8. The highest BCUT2D eigenvalue weighted by molar-refractivity contribution is 6.15. The summed E-state index contributed by atoms with van der Waals surface area (Å²) in [7, 11) is 2.06. The van der Waals surface area contributed by atoms with E-state index in [4.69, 9.17) is 24.7 Å². The minimum absolute atomic E-state index is 0.0191. The van der Waals surface area contributed by atoms with E-state index in [0.29, 0.717) is 97.4 Å². The van der Waals surface area contributed by atoms with Gasteiger partial charge < -0.3 is 40.4 Å². The molecule has 4 aromatic rings. The van der Waals surface area contributed by atoms with Gasteiger partial charge in [0, 0.05) is 82.6 Å². The van der Waals surface area contributed by atoms with Gasteiger partial charge >= 0.3 is 0 Å². The number of carbonyl (C=O) groups is 6. The van der Waals surface area contributed by atoms with Crippen molar-refractivity contribution in [3.8, 4) is 23.0 Å². The number of aliphatic hydroxyl groups is 1. The van der Waals surface area contributed by atoms with Crippen LogP contribution in [0.25, 0.3) is 32.4 Å². The maximum absolute atomic E-state index is 12.0. The molecule has 21 nitrogen and oxygen atoms in total. The molecule has 0 radical (unpaired) electrons. The first-order valence-electron chi connectivity index (χ1n) is 30.2. The number of aromatic nitrogens is 1. The number of rotatable bonds is 23. The van der Waals surface area contributed by atoms with Gasteiger partial charge in [-0.1, -0.05) is 31.6 Å². The summed E-state index contributed by atoms with van der Waals surface area (Å²) >= 11 is 0.